The van der Waals surface area contributed by atoms with Gasteiger partial charge in [-0.2, -0.15) is 0 Å². The third kappa shape index (κ3) is 5.76. The lowest BCUT2D eigenvalue weighted by Crippen LogP contribution is -2.04. The monoisotopic (exact) mass is 286 g/mol. The Kier molecular flexibility index (Phi) is 8.00. The van der Waals surface area contributed by atoms with Crippen molar-refractivity contribution in [1.29, 1.82) is 0 Å². The summed E-state index contributed by atoms with van der Waals surface area (Å²) in [5.41, 5.74) is 0. The molecule has 2 nitrogen and oxygen atoms in total. The van der Waals surface area contributed by atoms with E-state index < -0.39 is 11.6 Å². The van der Waals surface area contributed by atoms with Crippen molar-refractivity contribution in [2.75, 3.05) is 13.2 Å². The first kappa shape index (κ1) is 16.7. The maximum absolute atomic E-state index is 13.3. The molecule has 20 heavy (non-hydrogen) atoms. The summed E-state index contributed by atoms with van der Waals surface area (Å²) in [4.78, 5) is 0. The maximum atomic E-state index is 13.3. The molecule has 0 fully saturated rings. The van der Waals surface area contributed by atoms with Gasteiger partial charge in [-0.1, -0.05) is 39.5 Å². The predicted molar refractivity (Wildman–Crippen MR) is 76.4 cm³/mol. The molecule has 1 aromatic rings. The zero-order chi connectivity index (χ0) is 14.8. The molecule has 0 heterocycles. The summed E-state index contributed by atoms with van der Waals surface area (Å²) in [6.45, 7) is 5.17. The Morgan fingerprint density at radius 2 is 1.15 bits per heavy atom. The zero-order valence-corrected chi connectivity index (χ0v) is 12.4. The molecule has 0 aliphatic rings. The van der Waals surface area contributed by atoms with Crippen molar-refractivity contribution in [3.8, 4) is 11.5 Å². The third-order valence-corrected chi connectivity index (χ3v) is 3.00. The van der Waals surface area contributed by atoms with Crippen LogP contribution in [0.5, 0.6) is 11.5 Å². The highest BCUT2D eigenvalue weighted by Crippen LogP contribution is 2.30. The largest absolute Gasteiger partial charge is 0.490 e. The highest BCUT2D eigenvalue weighted by atomic mass is 19.2. The van der Waals surface area contributed by atoms with Gasteiger partial charge in [0, 0.05) is 12.1 Å². The SMILES string of the molecule is CCCCCOc1cc(F)c(F)cc1OCCCCC. The Bertz CT molecular complexity index is 357. The highest BCUT2D eigenvalue weighted by Gasteiger charge is 2.12. The van der Waals surface area contributed by atoms with Gasteiger partial charge in [-0.15, -0.1) is 0 Å². The van der Waals surface area contributed by atoms with E-state index in [2.05, 4.69) is 13.8 Å². The lowest BCUT2D eigenvalue weighted by Gasteiger charge is -2.13. The second kappa shape index (κ2) is 9.56. The molecule has 0 bridgehead atoms. The topological polar surface area (TPSA) is 18.5 Å². The molecule has 4 heteroatoms. The van der Waals surface area contributed by atoms with Gasteiger partial charge in [-0.05, 0) is 12.8 Å². The van der Waals surface area contributed by atoms with Gasteiger partial charge in [0.15, 0.2) is 23.1 Å². The molecule has 1 aromatic carbocycles. The number of unbranched alkanes of at least 4 members (excludes halogenated alkanes) is 4. The van der Waals surface area contributed by atoms with Gasteiger partial charge in [-0.25, -0.2) is 8.78 Å². The number of rotatable bonds is 10. The molecular formula is C16H24F2O2. The fraction of sp³-hybridized carbons (Fsp3) is 0.625. The number of benzene rings is 1. The van der Waals surface area contributed by atoms with Gasteiger partial charge >= 0.3 is 0 Å². The first-order valence-electron chi connectivity index (χ1n) is 7.43. The summed E-state index contributed by atoms with van der Waals surface area (Å²) in [6.07, 6.45) is 6.06. The number of halogens is 2. The molecule has 0 aliphatic carbocycles. The molecule has 0 radical (unpaired) electrons. The van der Waals surface area contributed by atoms with Crippen LogP contribution >= 0.6 is 0 Å². The van der Waals surface area contributed by atoms with Crippen LogP contribution in [0, 0.1) is 11.6 Å². The van der Waals surface area contributed by atoms with E-state index in [4.69, 9.17) is 9.47 Å². The van der Waals surface area contributed by atoms with Crippen molar-refractivity contribution in [2.24, 2.45) is 0 Å². The van der Waals surface area contributed by atoms with Crippen LogP contribution in [0.2, 0.25) is 0 Å². The van der Waals surface area contributed by atoms with Crippen LogP contribution in [0.3, 0.4) is 0 Å². The summed E-state index contributed by atoms with van der Waals surface area (Å²) >= 11 is 0. The molecule has 0 saturated carbocycles. The van der Waals surface area contributed by atoms with E-state index in [-0.39, 0.29) is 11.5 Å². The van der Waals surface area contributed by atoms with Crippen molar-refractivity contribution in [1.82, 2.24) is 0 Å². The molecule has 0 saturated heterocycles. The molecule has 0 N–H and O–H groups in total. The van der Waals surface area contributed by atoms with E-state index in [1.165, 1.54) is 0 Å². The Labute approximate surface area is 120 Å². The van der Waals surface area contributed by atoms with Gasteiger partial charge in [-0.3, -0.25) is 0 Å². The standard InChI is InChI=1S/C16H24F2O2/c1-3-5-7-9-19-15-11-13(17)14(18)12-16(15)20-10-8-6-4-2/h11-12H,3-10H2,1-2H3. The van der Waals surface area contributed by atoms with Crippen LogP contribution in [0.25, 0.3) is 0 Å². The second-order valence-electron chi connectivity index (χ2n) is 4.82. The molecule has 0 spiro atoms. The van der Waals surface area contributed by atoms with Crippen molar-refractivity contribution in [2.45, 2.75) is 52.4 Å². The van der Waals surface area contributed by atoms with E-state index in [9.17, 15) is 8.78 Å². The minimum absolute atomic E-state index is 0.288. The first-order chi connectivity index (χ1) is 9.69. The summed E-state index contributed by atoms with van der Waals surface area (Å²) in [7, 11) is 0. The van der Waals surface area contributed by atoms with E-state index >= 15 is 0 Å². The number of ether oxygens (including phenoxy) is 2. The van der Waals surface area contributed by atoms with Crippen molar-refractivity contribution >= 4 is 0 Å². The van der Waals surface area contributed by atoms with Crippen LogP contribution in [0.15, 0.2) is 12.1 Å². The molecule has 0 atom stereocenters. The second-order valence-corrected chi connectivity index (χ2v) is 4.82. The Morgan fingerprint density at radius 3 is 1.50 bits per heavy atom. The molecule has 0 unspecified atom stereocenters. The average molecular weight is 286 g/mol. The smallest absolute Gasteiger partial charge is 0.164 e. The summed E-state index contributed by atoms with van der Waals surface area (Å²) in [6, 6.07) is 2.13. The first-order valence-corrected chi connectivity index (χ1v) is 7.43. The third-order valence-electron chi connectivity index (χ3n) is 3.00. The Balaban J connectivity index is 2.61. The Hall–Kier alpha value is -1.32. The molecule has 1 rings (SSSR count). The summed E-state index contributed by atoms with van der Waals surface area (Å²) < 4.78 is 37.5. The van der Waals surface area contributed by atoms with Crippen LogP contribution in [0.4, 0.5) is 8.78 Å². The Morgan fingerprint density at radius 1 is 0.750 bits per heavy atom. The fourth-order valence-electron chi connectivity index (χ4n) is 1.80. The van der Waals surface area contributed by atoms with Crippen LogP contribution in [-0.4, -0.2) is 13.2 Å². The summed E-state index contributed by atoms with van der Waals surface area (Å²) in [5.74, 6) is -1.24. The number of hydrogen-bond donors (Lipinski definition) is 0. The van der Waals surface area contributed by atoms with Gasteiger partial charge in [0.25, 0.3) is 0 Å². The van der Waals surface area contributed by atoms with E-state index in [0.29, 0.717) is 13.2 Å². The lowest BCUT2D eigenvalue weighted by atomic mass is 10.2. The molecule has 114 valence electrons. The van der Waals surface area contributed by atoms with Crippen molar-refractivity contribution < 1.29 is 18.3 Å². The van der Waals surface area contributed by atoms with Crippen LogP contribution in [-0.2, 0) is 0 Å². The van der Waals surface area contributed by atoms with E-state index in [1.807, 2.05) is 0 Å². The quantitative estimate of drug-likeness (QED) is 0.557. The zero-order valence-electron chi connectivity index (χ0n) is 12.4. The predicted octanol–water partition coefficient (Wildman–Crippen LogP) is 5.10. The summed E-state index contributed by atoms with van der Waals surface area (Å²) in [5, 5.41) is 0. The molecule has 0 aromatic heterocycles. The van der Waals surface area contributed by atoms with Gasteiger partial charge in [0.2, 0.25) is 0 Å². The van der Waals surface area contributed by atoms with Crippen molar-refractivity contribution in [3.63, 3.8) is 0 Å². The van der Waals surface area contributed by atoms with Gasteiger partial charge in [0.05, 0.1) is 13.2 Å². The molecule has 0 aliphatic heterocycles. The minimum Gasteiger partial charge on any atom is -0.490 e. The maximum Gasteiger partial charge on any atom is 0.164 e. The minimum atomic E-state index is -0.906. The van der Waals surface area contributed by atoms with E-state index in [1.54, 1.807) is 0 Å². The van der Waals surface area contributed by atoms with Gasteiger partial charge in [0.1, 0.15) is 0 Å². The normalized spacial score (nSPS) is 10.6. The lowest BCUT2D eigenvalue weighted by molar-refractivity contribution is 0.256. The highest BCUT2D eigenvalue weighted by molar-refractivity contribution is 5.40. The average Bonchev–Trinajstić information content (AvgIpc) is 2.44. The molecular weight excluding hydrogens is 262 g/mol. The van der Waals surface area contributed by atoms with Crippen LogP contribution < -0.4 is 9.47 Å². The number of hydrogen-bond acceptors (Lipinski definition) is 2. The van der Waals surface area contributed by atoms with E-state index in [0.717, 1.165) is 50.7 Å². The fourth-order valence-corrected chi connectivity index (χ4v) is 1.80. The molecule has 0 amide bonds. The van der Waals surface area contributed by atoms with Crippen molar-refractivity contribution in [3.05, 3.63) is 23.8 Å². The van der Waals surface area contributed by atoms with Crippen LogP contribution in [0.1, 0.15) is 52.4 Å². The van der Waals surface area contributed by atoms with Gasteiger partial charge < -0.3 is 9.47 Å².